The second kappa shape index (κ2) is 4.76. The number of aromatic carboxylic acids is 1. The first kappa shape index (κ1) is 12.9. The third-order valence-corrected chi connectivity index (χ3v) is 4.60. The van der Waals surface area contributed by atoms with Crippen molar-refractivity contribution in [3.05, 3.63) is 51.2 Å². The standard InChI is InChI=1S/C15H13NO3S/c1-9-3-2-4-11-10(9)7-8-16(11)14(17)12-5-6-13(20-12)15(18)19/h2-6H,7-8H2,1H3,(H,18,19). The predicted octanol–water partition coefficient (Wildman–Crippen LogP) is 2.96. The van der Waals surface area contributed by atoms with Gasteiger partial charge in [0.25, 0.3) is 5.91 Å². The molecule has 3 rings (SSSR count). The highest BCUT2D eigenvalue weighted by atomic mass is 32.1. The molecule has 1 amide bonds. The smallest absolute Gasteiger partial charge is 0.345 e. The first-order valence-electron chi connectivity index (χ1n) is 6.31. The summed E-state index contributed by atoms with van der Waals surface area (Å²) >= 11 is 1.02. The number of hydrogen-bond acceptors (Lipinski definition) is 3. The summed E-state index contributed by atoms with van der Waals surface area (Å²) < 4.78 is 0. The Morgan fingerprint density at radius 2 is 1.95 bits per heavy atom. The lowest BCUT2D eigenvalue weighted by Crippen LogP contribution is -2.28. The minimum Gasteiger partial charge on any atom is -0.477 e. The molecular formula is C15H13NO3S. The summed E-state index contributed by atoms with van der Waals surface area (Å²) in [4.78, 5) is 25.8. The van der Waals surface area contributed by atoms with E-state index < -0.39 is 5.97 Å². The van der Waals surface area contributed by atoms with E-state index in [2.05, 4.69) is 0 Å². The predicted molar refractivity (Wildman–Crippen MR) is 77.8 cm³/mol. The van der Waals surface area contributed by atoms with Crippen LogP contribution < -0.4 is 4.90 Å². The van der Waals surface area contributed by atoms with Gasteiger partial charge in [-0.15, -0.1) is 11.3 Å². The van der Waals surface area contributed by atoms with Crippen molar-refractivity contribution in [2.45, 2.75) is 13.3 Å². The van der Waals surface area contributed by atoms with E-state index in [1.54, 1.807) is 11.0 Å². The fourth-order valence-corrected chi connectivity index (χ4v) is 3.31. The maximum atomic E-state index is 12.5. The Balaban J connectivity index is 1.93. The Labute approximate surface area is 120 Å². The van der Waals surface area contributed by atoms with Crippen molar-refractivity contribution >= 4 is 28.9 Å². The highest BCUT2D eigenvalue weighted by Gasteiger charge is 2.27. The number of carboxylic acid groups (broad SMARTS) is 1. The van der Waals surface area contributed by atoms with Gasteiger partial charge in [0.1, 0.15) is 4.88 Å². The molecule has 1 aromatic carbocycles. The van der Waals surface area contributed by atoms with Crippen LogP contribution in [0, 0.1) is 6.92 Å². The zero-order chi connectivity index (χ0) is 14.3. The molecule has 0 spiro atoms. The molecule has 2 heterocycles. The highest BCUT2D eigenvalue weighted by Crippen LogP contribution is 2.32. The summed E-state index contributed by atoms with van der Waals surface area (Å²) in [6.45, 7) is 2.69. The van der Waals surface area contributed by atoms with E-state index in [-0.39, 0.29) is 10.8 Å². The van der Waals surface area contributed by atoms with Crippen LogP contribution in [0.5, 0.6) is 0 Å². The van der Waals surface area contributed by atoms with Gasteiger partial charge in [0.2, 0.25) is 0 Å². The van der Waals surface area contributed by atoms with Gasteiger partial charge in [-0.3, -0.25) is 4.79 Å². The van der Waals surface area contributed by atoms with Gasteiger partial charge in [0.15, 0.2) is 0 Å². The number of amides is 1. The molecule has 1 aliphatic heterocycles. The van der Waals surface area contributed by atoms with Crippen molar-refractivity contribution in [2.75, 3.05) is 11.4 Å². The monoisotopic (exact) mass is 287 g/mol. The van der Waals surface area contributed by atoms with E-state index in [0.717, 1.165) is 23.4 Å². The Morgan fingerprint density at radius 3 is 2.65 bits per heavy atom. The lowest BCUT2D eigenvalue weighted by molar-refractivity contribution is 0.0702. The quantitative estimate of drug-likeness (QED) is 0.924. The fraction of sp³-hybridized carbons (Fsp3) is 0.200. The van der Waals surface area contributed by atoms with Crippen LogP contribution in [0.2, 0.25) is 0 Å². The molecule has 4 nitrogen and oxygen atoms in total. The number of carbonyl (C=O) groups excluding carboxylic acids is 1. The van der Waals surface area contributed by atoms with Crippen LogP contribution in [0.25, 0.3) is 0 Å². The molecule has 0 saturated carbocycles. The highest BCUT2D eigenvalue weighted by molar-refractivity contribution is 7.16. The molecule has 1 N–H and O–H groups in total. The number of hydrogen-bond donors (Lipinski definition) is 1. The molecule has 0 bridgehead atoms. The van der Waals surface area contributed by atoms with Crippen LogP contribution in [0.1, 0.15) is 30.5 Å². The zero-order valence-electron chi connectivity index (χ0n) is 10.9. The van der Waals surface area contributed by atoms with Gasteiger partial charge in [-0.1, -0.05) is 12.1 Å². The van der Waals surface area contributed by atoms with Crippen LogP contribution in [-0.4, -0.2) is 23.5 Å². The molecule has 2 aromatic rings. The van der Waals surface area contributed by atoms with Crippen LogP contribution >= 0.6 is 11.3 Å². The van der Waals surface area contributed by atoms with Crippen LogP contribution in [-0.2, 0) is 6.42 Å². The largest absolute Gasteiger partial charge is 0.477 e. The number of fused-ring (bicyclic) bond motifs is 1. The lowest BCUT2D eigenvalue weighted by Gasteiger charge is -2.16. The molecule has 0 saturated heterocycles. The molecule has 0 unspecified atom stereocenters. The zero-order valence-corrected chi connectivity index (χ0v) is 11.7. The Hall–Kier alpha value is -2.14. The molecule has 20 heavy (non-hydrogen) atoms. The SMILES string of the molecule is Cc1cccc2c1CCN2C(=O)c1ccc(C(=O)O)s1. The van der Waals surface area contributed by atoms with Crippen LogP contribution in [0.15, 0.2) is 30.3 Å². The number of anilines is 1. The Morgan fingerprint density at radius 1 is 1.20 bits per heavy atom. The summed E-state index contributed by atoms with van der Waals surface area (Å²) in [5.41, 5.74) is 3.34. The molecule has 1 aromatic heterocycles. The Kier molecular flexibility index (Phi) is 3.06. The molecule has 0 fully saturated rings. The molecule has 1 aliphatic rings. The maximum Gasteiger partial charge on any atom is 0.345 e. The molecule has 0 radical (unpaired) electrons. The second-order valence-electron chi connectivity index (χ2n) is 4.75. The average Bonchev–Trinajstić information content (AvgIpc) is 3.05. The summed E-state index contributed by atoms with van der Waals surface area (Å²) in [7, 11) is 0. The summed E-state index contributed by atoms with van der Waals surface area (Å²) in [6, 6.07) is 8.99. The van der Waals surface area contributed by atoms with Crippen LogP contribution in [0.3, 0.4) is 0 Å². The first-order valence-corrected chi connectivity index (χ1v) is 7.13. The minimum absolute atomic E-state index is 0.119. The number of benzene rings is 1. The number of thiophene rings is 1. The topological polar surface area (TPSA) is 57.6 Å². The van der Waals surface area contributed by atoms with Gasteiger partial charge in [-0.2, -0.15) is 0 Å². The lowest BCUT2D eigenvalue weighted by atomic mass is 10.1. The van der Waals surface area contributed by atoms with E-state index >= 15 is 0 Å². The van der Waals surface area contributed by atoms with Crippen molar-refractivity contribution < 1.29 is 14.7 Å². The van der Waals surface area contributed by atoms with Gasteiger partial charge >= 0.3 is 5.97 Å². The van der Waals surface area contributed by atoms with Gasteiger partial charge in [-0.05, 0) is 42.7 Å². The third-order valence-electron chi connectivity index (χ3n) is 3.53. The minimum atomic E-state index is -0.994. The van der Waals surface area contributed by atoms with Crippen LogP contribution in [0.4, 0.5) is 5.69 Å². The van der Waals surface area contributed by atoms with E-state index in [9.17, 15) is 9.59 Å². The average molecular weight is 287 g/mol. The van der Waals surface area contributed by atoms with Gasteiger partial charge < -0.3 is 10.0 Å². The number of nitrogens with zero attached hydrogens (tertiary/aromatic N) is 1. The van der Waals surface area contributed by atoms with Gasteiger partial charge in [0, 0.05) is 12.2 Å². The molecule has 0 atom stereocenters. The van der Waals surface area contributed by atoms with Crippen molar-refractivity contribution in [3.63, 3.8) is 0 Å². The number of aryl methyl sites for hydroxylation is 1. The number of carboxylic acids is 1. The fourth-order valence-electron chi connectivity index (χ4n) is 2.52. The normalized spacial score (nSPS) is 13.3. The van der Waals surface area contributed by atoms with E-state index in [1.165, 1.54) is 17.2 Å². The number of carbonyl (C=O) groups is 2. The summed E-state index contributed by atoms with van der Waals surface area (Å²) in [5.74, 6) is -1.11. The maximum absolute atomic E-state index is 12.5. The molecule has 5 heteroatoms. The van der Waals surface area contributed by atoms with Crippen molar-refractivity contribution in [1.29, 1.82) is 0 Å². The first-order chi connectivity index (χ1) is 9.58. The third kappa shape index (κ3) is 2.00. The summed E-state index contributed by atoms with van der Waals surface area (Å²) in [5, 5.41) is 8.92. The van der Waals surface area contributed by atoms with Gasteiger partial charge in [0.05, 0.1) is 4.88 Å². The molecular weight excluding hydrogens is 274 g/mol. The van der Waals surface area contributed by atoms with E-state index in [4.69, 9.17) is 5.11 Å². The van der Waals surface area contributed by atoms with E-state index in [1.807, 2.05) is 25.1 Å². The van der Waals surface area contributed by atoms with Crippen molar-refractivity contribution in [3.8, 4) is 0 Å². The van der Waals surface area contributed by atoms with Crippen molar-refractivity contribution in [1.82, 2.24) is 0 Å². The van der Waals surface area contributed by atoms with Crippen molar-refractivity contribution in [2.24, 2.45) is 0 Å². The second-order valence-corrected chi connectivity index (χ2v) is 5.83. The number of rotatable bonds is 2. The molecule has 102 valence electrons. The van der Waals surface area contributed by atoms with E-state index in [0.29, 0.717) is 11.4 Å². The van der Waals surface area contributed by atoms with Gasteiger partial charge in [-0.25, -0.2) is 4.79 Å². The summed E-state index contributed by atoms with van der Waals surface area (Å²) in [6.07, 6.45) is 0.852. The molecule has 0 aliphatic carbocycles. The Bertz CT molecular complexity index is 705.